The lowest BCUT2D eigenvalue weighted by atomic mass is 10.1. The van der Waals surface area contributed by atoms with Crippen LogP contribution in [0.3, 0.4) is 0 Å². The van der Waals surface area contributed by atoms with Gasteiger partial charge in [0, 0.05) is 19.1 Å². The highest BCUT2D eigenvalue weighted by molar-refractivity contribution is 5.95. The molecule has 0 radical (unpaired) electrons. The summed E-state index contributed by atoms with van der Waals surface area (Å²) in [6.07, 6.45) is 10.4. The van der Waals surface area contributed by atoms with E-state index >= 15 is 0 Å². The Morgan fingerprint density at radius 2 is 1.88 bits per heavy atom. The first kappa shape index (κ1) is 19.0. The number of amides is 1. The zero-order valence-corrected chi connectivity index (χ0v) is 15.8. The van der Waals surface area contributed by atoms with E-state index in [1.807, 2.05) is 4.68 Å². The number of nitrogens with zero attached hydrogens (tertiary/aromatic N) is 2. The molecular formula is C19H34N4O. The molecule has 0 aromatic carbocycles. The van der Waals surface area contributed by atoms with E-state index < -0.39 is 0 Å². The Labute approximate surface area is 146 Å². The second-order valence-corrected chi connectivity index (χ2v) is 7.84. The van der Waals surface area contributed by atoms with Crippen LogP contribution in [0.1, 0.15) is 82.3 Å². The van der Waals surface area contributed by atoms with Crippen molar-refractivity contribution in [1.29, 1.82) is 0 Å². The van der Waals surface area contributed by atoms with Crippen molar-refractivity contribution in [2.45, 2.75) is 84.2 Å². The van der Waals surface area contributed by atoms with Crippen LogP contribution in [-0.4, -0.2) is 34.8 Å². The number of hydrogen-bond donors (Lipinski definition) is 2. The molecular weight excluding hydrogens is 300 g/mol. The summed E-state index contributed by atoms with van der Waals surface area (Å²) in [4.78, 5) is 12.5. The molecule has 1 heterocycles. The van der Waals surface area contributed by atoms with E-state index in [2.05, 4.69) is 43.4 Å². The normalized spacial score (nSPS) is 16.8. The number of aromatic nitrogens is 2. The molecule has 1 saturated carbocycles. The summed E-state index contributed by atoms with van der Waals surface area (Å²) in [5.74, 6) is -0.00924. The van der Waals surface area contributed by atoms with Crippen LogP contribution in [-0.2, 0) is 12.0 Å². The van der Waals surface area contributed by atoms with Crippen LogP contribution in [0.15, 0.2) is 6.20 Å². The highest BCUT2D eigenvalue weighted by Gasteiger charge is 2.22. The molecule has 0 saturated heterocycles. The summed E-state index contributed by atoms with van der Waals surface area (Å²) in [6, 6.07) is 0.624. The lowest BCUT2D eigenvalue weighted by Crippen LogP contribution is -2.37. The van der Waals surface area contributed by atoms with Gasteiger partial charge in [-0.15, -0.1) is 0 Å². The molecule has 1 aromatic rings. The van der Waals surface area contributed by atoms with E-state index in [1.54, 1.807) is 6.20 Å². The topological polar surface area (TPSA) is 59.0 Å². The molecule has 0 aliphatic heterocycles. The predicted octanol–water partition coefficient (Wildman–Crippen LogP) is 3.24. The third-order valence-electron chi connectivity index (χ3n) is 4.78. The van der Waals surface area contributed by atoms with Crippen LogP contribution < -0.4 is 10.6 Å². The lowest BCUT2D eigenvalue weighted by molar-refractivity contribution is 0.0952. The fourth-order valence-corrected chi connectivity index (χ4v) is 3.51. The van der Waals surface area contributed by atoms with E-state index in [4.69, 9.17) is 0 Å². The van der Waals surface area contributed by atoms with Gasteiger partial charge in [-0.05, 0) is 40.0 Å². The Kier molecular flexibility index (Phi) is 6.84. The summed E-state index contributed by atoms with van der Waals surface area (Å²) in [7, 11) is 0. The van der Waals surface area contributed by atoms with E-state index in [0.29, 0.717) is 18.2 Å². The Bertz CT molecular complexity index is 522. The molecule has 5 nitrogen and oxygen atoms in total. The van der Waals surface area contributed by atoms with Gasteiger partial charge in [-0.1, -0.05) is 32.6 Å². The van der Waals surface area contributed by atoms with Crippen LogP contribution in [0.2, 0.25) is 0 Å². The summed E-state index contributed by atoms with van der Waals surface area (Å²) in [5.41, 5.74) is 1.61. The average molecular weight is 335 g/mol. The monoisotopic (exact) mass is 334 g/mol. The Balaban J connectivity index is 1.83. The summed E-state index contributed by atoms with van der Waals surface area (Å²) in [6.45, 7) is 9.90. The number of carbonyl (C=O) groups is 1. The number of hydrogen-bond acceptors (Lipinski definition) is 3. The van der Waals surface area contributed by atoms with E-state index in [-0.39, 0.29) is 11.4 Å². The smallest absolute Gasteiger partial charge is 0.254 e. The van der Waals surface area contributed by atoms with Crippen molar-refractivity contribution in [3.8, 4) is 0 Å². The second-order valence-electron chi connectivity index (χ2n) is 7.84. The first-order valence-corrected chi connectivity index (χ1v) is 9.52. The van der Waals surface area contributed by atoms with Crippen LogP contribution >= 0.6 is 0 Å². The molecule has 1 fully saturated rings. The quantitative estimate of drug-likeness (QED) is 0.620. The minimum Gasteiger partial charge on any atom is -0.351 e. The zero-order chi connectivity index (χ0) is 17.6. The molecule has 1 aliphatic carbocycles. The molecule has 1 amide bonds. The van der Waals surface area contributed by atoms with Crippen molar-refractivity contribution in [3.05, 3.63) is 17.5 Å². The Morgan fingerprint density at radius 3 is 2.46 bits per heavy atom. The van der Waals surface area contributed by atoms with Gasteiger partial charge in [0.05, 0.1) is 23.0 Å². The number of rotatable bonds is 6. The van der Waals surface area contributed by atoms with Crippen molar-refractivity contribution >= 4 is 5.91 Å². The van der Waals surface area contributed by atoms with Crippen LogP contribution in [0, 0.1) is 0 Å². The third-order valence-corrected chi connectivity index (χ3v) is 4.78. The van der Waals surface area contributed by atoms with Crippen molar-refractivity contribution < 1.29 is 4.79 Å². The van der Waals surface area contributed by atoms with Gasteiger partial charge < -0.3 is 10.6 Å². The molecule has 0 spiro atoms. The first-order valence-electron chi connectivity index (χ1n) is 9.52. The maximum atomic E-state index is 12.5. The molecule has 0 unspecified atom stereocenters. The fraction of sp³-hybridized carbons (Fsp3) is 0.789. The van der Waals surface area contributed by atoms with Crippen LogP contribution in [0.4, 0.5) is 0 Å². The van der Waals surface area contributed by atoms with Gasteiger partial charge >= 0.3 is 0 Å². The van der Waals surface area contributed by atoms with Crippen molar-refractivity contribution in [3.63, 3.8) is 0 Å². The molecule has 0 bridgehead atoms. The van der Waals surface area contributed by atoms with Gasteiger partial charge in [-0.2, -0.15) is 5.10 Å². The van der Waals surface area contributed by atoms with E-state index in [1.165, 1.54) is 38.5 Å². The number of nitrogens with one attached hydrogen (secondary N) is 2. The van der Waals surface area contributed by atoms with E-state index in [0.717, 1.165) is 18.7 Å². The van der Waals surface area contributed by atoms with Gasteiger partial charge in [0.2, 0.25) is 0 Å². The highest BCUT2D eigenvalue weighted by Crippen LogP contribution is 2.20. The molecule has 2 N–H and O–H groups in total. The molecule has 5 heteroatoms. The molecule has 0 atom stereocenters. The second kappa shape index (κ2) is 8.65. The lowest BCUT2D eigenvalue weighted by Gasteiger charge is -2.22. The molecule has 136 valence electrons. The van der Waals surface area contributed by atoms with Crippen LogP contribution in [0.5, 0.6) is 0 Å². The maximum Gasteiger partial charge on any atom is 0.254 e. The summed E-state index contributed by atoms with van der Waals surface area (Å²) >= 11 is 0. The zero-order valence-electron chi connectivity index (χ0n) is 15.8. The molecule has 24 heavy (non-hydrogen) atoms. The standard InChI is InChI=1S/C19H34N4O/c1-5-17-16(14-22-23(17)19(2,3)4)18(24)21-13-12-20-15-10-8-6-7-9-11-15/h14-15,20H,5-13H2,1-4H3,(H,21,24). The van der Waals surface area contributed by atoms with Gasteiger partial charge in [-0.3, -0.25) is 9.48 Å². The first-order chi connectivity index (χ1) is 11.4. The molecule has 2 rings (SSSR count). The van der Waals surface area contributed by atoms with Crippen LogP contribution in [0.25, 0.3) is 0 Å². The van der Waals surface area contributed by atoms with Crippen molar-refractivity contribution in [2.24, 2.45) is 0 Å². The predicted molar refractivity (Wildman–Crippen MR) is 98.4 cm³/mol. The SMILES string of the molecule is CCc1c(C(=O)NCCNC2CCCCCC2)cnn1C(C)(C)C. The fourth-order valence-electron chi connectivity index (χ4n) is 3.51. The van der Waals surface area contributed by atoms with Gasteiger partial charge in [0.25, 0.3) is 5.91 Å². The van der Waals surface area contributed by atoms with Gasteiger partial charge in [0.1, 0.15) is 0 Å². The van der Waals surface area contributed by atoms with Gasteiger partial charge in [0.15, 0.2) is 0 Å². The van der Waals surface area contributed by atoms with Crippen molar-refractivity contribution in [1.82, 2.24) is 20.4 Å². The number of carbonyl (C=O) groups excluding carboxylic acids is 1. The summed E-state index contributed by atoms with van der Waals surface area (Å²) in [5, 5.41) is 11.1. The molecule has 1 aromatic heterocycles. The Hall–Kier alpha value is -1.36. The summed E-state index contributed by atoms with van der Waals surface area (Å²) < 4.78 is 1.96. The highest BCUT2D eigenvalue weighted by atomic mass is 16.1. The Morgan fingerprint density at radius 1 is 1.21 bits per heavy atom. The largest absolute Gasteiger partial charge is 0.351 e. The van der Waals surface area contributed by atoms with Crippen molar-refractivity contribution in [2.75, 3.05) is 13.1 Å². The minimum atomic E-state index is -0.106. The maximum absolute atomic E-state index is 12.5. The average Bonchev–Trinajstić information content (AvgIpc) is 2.81. The molecule has 1 aliphatic rings. The van der Waals surface area contributed by atoms with Gasteiger partial charge in [-0.25, -0.2) is 0 Å². The minimum absolute atomic E-state index is 0.00924. The third kappa shape index (κ3) is 5.07. The van der Waals surface area contributed by atoms with E-state index in [9.17, 15) is 4.79 Å².